The second-order valence-corrected chi connectivity index (χ2v) is 14.5. The molecule has 0 spiro atoms. The Morgan fingerprint density at radius 1 is 0.980 bits per heavy atom. The zero-order valence-corrected chi connectivity index (χ0v) is 28.7. The van der Waals surface area contributed by atoms with Crippen molar-refractivity contribution >= 4 is 23.3 Å². The molecule has 8 rings (SSSR count). The number of halogens is 1. The van der Waals surface area contributed by atoms with Gasteiger partial charge in [-0.05, 0) is 87.6 Å². The Balaban J connectivity index is 0.893. The lowest BCUT2D eigenvalue weighted by molar-refractivity contribution is -0.137. The van der Waals surface area contributed by atoms with E-state index < -0.39 is 17.1 Å². The number of aromatic hydroxyl groups is 1. The SMILES string of the molecule is C[C@@]1(N2CCOc3c(C4CCC(N5CCC(n6cc(-c7cc(-c8cccc(F)c8O)nnc7N)cn6)CC5)CC4)cccc32)CCC(=O)NC1=O. The number of fused-ring (bicyclic) bond motifs is 1. The molecule has 3 aliphatic heterocycles. The van der Waals surface area contributed by atoms with Crippen molar-refractivity contribution in [3.8, 4) is 33.9 Å². The Morgan fingerprint density at radius 3 is 2.55 bits per heavy atom. The molecule has 12 nitrogen and oxygen atoms in total. The van der Waals surface area contributed by atoms with Crippen LogP contribution in [0.25, 0.3) is 22.4 Å². The minimum absolute atomic E-state index is 0.206. The molecule has 2 aromatic heterocycles. The topological polar surface area (TPSA) is 152 Å². The van der Waals surface area contributed by atoms with Gasteiger partial charge in [-0.15, -0.1) is 10.2 Å². The summed E-state index contributed by atoms with van der Waals surface area (Å²) < 4.78 is 22.3. The molecule has 0 radical (unpaired) electrons. The first-order chi connectivity index (χ1) is 24.7. The molecule has 2 amide bonds. The highest BCUT2D eigenvalue weighted by Gasteiger charge is 2.46. The number of rotatable bonds is 6. The highest BCUT2D eigenvalue weighted by Crippen LogP contribution is 2.47. The van der Waals surface area contributed by atoms with E-state index in [1.807, 2.05) is 23.9 Å². The van der Waals surface area contributed by atoms with Gasteiger partial charge in [0.1, 0.15) is 17.9 Å². The molecule has 0 unspecified atom stereocenters. The van der Waals surface area contributed by atoms with E-state index in [-0.39, 0.29) is 29.2 Å². The van der Waals surface area contributed by atoms with Gasteiger partial charge in [-0.3, -0.25) is 19.6 Å². The number of ether oxygens (including phenoxy) is 1. The number of piperidine rings is 2. The van der Waals surface area contributed by atoms with Crippen LogP contribution in [0.15, 0.2) is 54.9 Å². The molecule has 266 valence electrons. The molecule has 5 heterocycles. The molecule has 13 heteroatoms. The molecule has 4 N–H and O–H groups in total. The van der Waals surface area contributed by atoms with Gasteiger partial charge in [0.25, 0.3) is 5.91 Å². The van der Waals surface area contributed by atoms with Crippen LogP contribution in [0.4, 0.5) is 15.9 Å². The van der Waals surface area contributed by atoms with E-state index in [4.69, 9.17) is 10.5 Å². The number of amides is 2. The molecule has 0 bridgehead atoms. The number of hydrogen-bond acceptors (Lipinski definition) is 10. The van der Waals surface area contributed by atoms with Gasteiger partial charge in [0.2, 0.25) is 5.91 Å². The minimum atomic E-state index is -0.783. The minimum Gasteiger partial charge on any atom is -0.504 e. The number of nitrogen functional groups attached to an aromatic ring is 1. The van der Waals surface area contributed by atoms with Crippen molar-refractivity contribution in [3.05, 3.63) is 66.2 Å². The Labute approximate surface area is 295 Å². The predicted octanol–water partition coefficient (Wildman–Crippen LogP) is 5.19. The fourth-order valence-electron chi connectivity index (χ4n) is 8.59. The lowest BCUT2D eigenvalue weighted by Gasteiger charge is -2.46. The molecule has 3 fully saturated rings. The van der Waals surface area contributed by atoms with Crippen molar-refractivity contribution in [2.24, 2.45) is 0 Å². The van der Waals surface area contributed by atoms with Crippen LogP contribution < -0.4 is 20.7 Å². The first-order valence-electron chi connectivity index (χ1n) is 18.0. The molecule has 1 aliphatic carbocycles. The first kappa shape index (κ1) is 33.1. The molecule has 1 atom stereocenters. The van der Waals surface area contributed by atoms with Crippen molar-refractivity contribution < 1.29 is 23.8 Å². The van der Waals surface area contributed by atoms with Gasteiger partial charge in [0.15, 0.2) is 17.4 Å². The summed E-state index contributed by atoms with van der Waals surface area (Å²) in [5.41, 5.74) is 9.60. The summed E-state index contributed by atoms with van der Waals surface area (Å²) >= 11 is 0. The molecular formula is C38H43FN8O4. The Bertz CT molecular complexity index is 1970. The number of benzene rings is 2. The summed E-state index contributed by atoms with van der Waals surface area (Å²) in [4.78, 5) is 29.7. The van der Waals surface area contributed by atoms with E-state index in [1.165, 1.54) is 17.7 Å². The molecular weight excluding hydrogens is 651 g/mol. The normalized spacial score (nSPS) is 24.5. The van der Waals surface area contributed by atoms with Crippen molar-refractivity contribution in [1.29, 1.82) is 0 Å². The summed E-state index contributed by atoms with van der Waals surface area (Å²) in [6.07, 6.45) is 11.0. The van der Waals surface area contributed by atoms with Crippen molar-refractivity contribution in [1.82, 2.24) is 30.2 Å². The van der Waals surface area contributed by atoms with E-state index in [0.717, 1.165) is 68.6 Å². The van der Waals surface area contributed by atoms with Gasteiger partial charge in [-0.2, -0.15) is 5.10 Å². The number of hydrogen-bond donors (Lipinski definition) is 3. The number of imide groups is 1. The highest BCUT2D eigenvalue weighted by atomic mass is 19.1. The van der Waals surface area contributed by atoms with Crippen molar-refractivity contribution in [3.63, 3.8) is 0 Å². The summed E-state index contributed by atoms with van der Waals surface area (Å²) in [6, 6.07) is 13.1. The Hall–Kier alpha value is -5.04. The van der Waals surface area contributed by atoms with Gasteiger partial charge in [-0.25, -0.2) is 4.39 Å². The maximum Gasteiger partial charge on any atom is 0.252 e. The zero-order valence-electron chi connectivity index (χ0n) is 28.7. The van der Waals surface area contributed by atoms with E-state index in [0.29, 0.717) is 49.2 Å². The lowest BCUT2D eigenvalue weighted by Crippen LogP contribution is -2.63. The summed E-state index contributed by atoms with van der Waals surface area (Å²) in [5.74, 6) is -0.109. The van der Waals surface area contributed by atoms with E-state index in [1.54, 1.807) is 18.3 Å². The van der Waals surface area contributed by atoms with Crippen LogP contribution in [0.3, 0.4) is 0 Å². The van der Waals surface area contributed by atoms with E-state index in [2.05, 4.69) is 42.5 Å². The third kappa shape index (κ3) is 6.07. The van der Waals surface area contributed by atoms with Gasteiger partial charge < -0.3 is 25.4 Å². The van der Waals surface area contributed by atoms with E-state index in [9.17, 15) is 19.1 Å². The second-order valence-electron chi connectivity index (χ2n) is 14.5. The number of aromatic nitrogens is 4. The van der Waals surface area contributed by atoms with Crippen LogP contribution in [-0.2, 0) is 9.59 Å². The standard InChI is InChI=1S/C38H43FN8O4/c1-38(15-12-33(48)42-37(38)50)46-18-19-51-35-27(4-3-7-32(35)46)23-8-10-25(11-9-23)45-16-13-26(14-17-45)47-22-24(21-41-47)29-20-31(43-44-36(29)40)28-5-2-6-30(39)34(28)49/h2-7,20-23,25-26,49H,8-19H2,1H3,(H2,40,44)(H,42,48,50)/t23?,25?,38-/m1/s1. The summed E-state index contributed by atoms with van der Waals surface area (Å²) in [6.45, 7) is 5.05. The van der Waals surface area contributed by atoms with Gasteiger partial charge in [-0.1, -0.05) is 18.2 Å². The van der Waals surface area contributed by atoms with Gasteiger partial charge >= 0.3 is 0 Å². The zero-order chi connectivity index (χ0) is 35.3. The molecule has 4 aromatic rings. The van der Waals surface area contributed by atoms with Crippen molar-refractivity contribution in [2.75, 3.05) is 36.9 Å². The van der Waals surface area contributed by atoms with E-state index >= 15 is 0 Å². The van der Waals surface area contributed by atoms with Crippen LogP contribution in [0.1, 0.15) is 75.8 Å². The number of phenols is 1. The fourth-order valence-corrected chi connectivity index (χ4v) is 8.59. The summed E-state index contributed by atoms with van der Waals surface area (Å²) in [5, 5.41) is 25.6. The van der Waals surface area contributed by atoms with Crippen LogP contribution in [0.2, 0.25) is 0 Å². The number of likely N-dealkylation sites (tertiary alicyclic amines) is 1. The number of carbonyl (C=O) groups is 2. The number of carbonyl (C=O) groups excluding carboxylic acids is 2. The average molecular weight is 695 g/mol. The molecule has 1 saturated carbocycles. The van der Waals surface area contributed by atoms with Crippen molar-refractivity contribution in [2.45, 2.75) is 81.8 Å². The molecule has 4 aliphatic rings. The smallest absolute Gasteiger partial charge is 0.252 e. The van der Waals surface area contributed by atoms with Crippen LogP contribution >= 0.6 is 0 Å². The number of nitrogens with zero attached hydrogens (tertiary/aromatic N) is 6. The summed E-state index contributed by atoms with van der Waals surface area (Å²) in [7, 11) is 0. The monoisotopic (exact) mass is 694 g/mol. The Kier molecular flexibility index (Phi) is 8.61. The first-order valence-corrected chi connectivity index (χ1v) is 18.0. The largest absolute Gasteiger partial charge is 0.504 e. The fraction of sp³-hybridized carbons (Fsp3) is 0.447. The van der Waals surface area contributed by atoms with Gasteiger partial charge in [0.05, 0.1) is 30.2 Å². The third-order valence-electron chi connectivity index (χ3n) is 11.6. The number of anilines is 2. The highest BCUT2D eigenvalue weighted by molar-refractivity contribution is 6.04. The number of phenolic OH excluding ortho intramolecular Hbond substituents is 1. The number of nitrogens with two attached hydrogens (primary N) is 1. The molecule has 51 heavy (non-hydrogen) atoms. The quantitative estimate of drug-likeness (QED) is 0.230. The molecule has 2 saturated heterocycles. The molecule has 2 aromatic carbocycles. The van der Waals surface area contributed by atoms with Crippen LogP contribution in [-0.4, -0.2) is 79.6 Å². The average Bonchev–Trinajstić information content (AvgIpc) is 3.65. The maximum atomic E-state index is 14.0. The Morgan fingerprint density at radius 2 is 1.76 bits per heavy atom. The third-order valence-corrected chi connectivity index (χ3v) is 11.6. The van der Waals surface area contributed by atoms with Crippen LogP contribution in [0, 0.1) is 5.82 Å². The second kappa shape index (κ2) is 13.3. The lowest BCUT2D eigenvalue weighted by atomic mass is 9.79. The van der Waals surface area contributed by atoms with Crippen LogP contribution in [0.5, 0.6) is 11.5 Å². The number of para-hydroxylation sites is 2. The predicted molar refractivity (Wildman–Crippen MR) is 190 cm³/mol. The number of nitrogens with one attached hydrogen (secondary N) is 1. The van der Waals surface area contributed by atoms with Gasteiger partial charge in [0, 0.05) is 48.4 Å². The maximum absolute atomic E-state index is 14.0.